The number of halogens is 3. The molecule has 0 bridgehead atoms. The van der Waals surface area contributed by atoms with Gasteiger partial charge in [-0.2, -0.15) is 0 Å². The summed E-state index contributed by atoms with van der Waals surface area (Å²) in [5, 5.41) is 6.10. The summed E-state index contributed by atoms with van der Waals surface area (Å²) in [6.07, 6.45) is -0.489. The van der Waals surface area contributed by atoms with Gasteiger partial charge in [-0.05, 0) is 62.4 Å². The summed E-state index contributed by atoms with van der Waals surface area (Å²) in [6, 6.07) is 13.1. The van der Waals surface area contributed by atoms with Gasteiger partial charge in [0.2, 0.25) is 0 Å². The Balaban J connectivity index is 1.78. The van der Waals surface area contributed by atoms with Gasteiger partial charge in [0.15, 0.2) is 5.75 Å². The van der Waals surface area contributed by atoms with E-state index in [1.165, 1.54) is 17.2 Å². The fraction of sp³-hybridized carbons (Fsp3) is 0.478. The van der Waals surface area contributed by atoms with Crippen molar-refractivity contribution in [3.8, 4) is 5.75 Å². The molecule has 0 radical (unpaired) electrons. The van der Waals surface area contributed by atoms with Gasteiger partial charge in [0.05, 0.1) is 5.69 Å². The molecule has 0 saturated carbocycles. The van der Waals surface area contributed by atoms with Crippen molar-refractivity contribution in [3.05, 3.63) is 59.2 Å². The first-order valence-electron chi connectivity index (χ1n) is 10.9. The van der Waals surface area contributed by atoms with Crippen LogP contribution in [0.4, 0.5) is 18.9 Å². The number of ether oxygens (including phenoxy) is 1. The van der Waals surface area contributed by atoms with Crippen molar-refractivity contribution in [2.24, 2.45) is 0 Å². The fourth-order valence-electron chi connectivity index (χ4n) is 3.21. The lowest BCUT2D eigenvalue weighted by atomic mass is 10.1. The van der Waals surface area contributed by atoms with Crippen LogP contribution in [0.3, 0.4) is 0 Å². The molecule has 2 aromatic rings. The Kier molecular flexibility index (Phi) is 11.6. The van der Waals surface area contributed by atoms with Gasteiger partial charge < -0.3 is 15.4 Å². The van der Waals surface area contributed by atoms with Crippen LogP contribution in [-0.4, -0.2) is 31.0 Å². The zero-order valence-electron chi connectivity index (χ0n) is 18.7. The van der Waals surface area contributed by atoms with Crippen molar-refractivity contribution in [2.45, 2.75) is 51.9 Å². The van der Waals surface area contributed by atoms with E-state index in [0.29, 0.717) is 37.3 Å². The molecule has 6 nitrogen and oxygen atoms in total. The van der Waals surface area contributed by atoms with Crippen LogP contribution in [0.1, 0.15) is 42.4 Å². The number of aryl methyl sites for hydroxylation is 2. The van der Waals surface area contributed by atoms with E-state index in [4.69, 9.17) is 4.89 Å². The molecule has 0 amide bonds. The first kappa shape index (κ1) is 27.1. The number of hydrogen-bond acceptors (Lipinski definition) is 5. The average molecular weight is 487 g/mol. The lowest BCUT2D eigenvalue weighted by Crippen LogP contribution is -2.19. The van der Waals surface area contributed by atoms with E-state index in [9.17, 15) is 17.7 Å². The maximum absolute atomic E-state index is 12.9. The third-order valence-electron chi connectivity index (χ3n) is 4.88. The van der Waals surface area contributed by atoms with E-state index in [1.807, 2.05) is 0 Å². The molecule has 0 spiro atoms. The minimum absolute atomic E-state index is 0.120. The molecule has 0 aliphatic heterocycles. The van der Waals surface area contributed by atoms with E-state index in [2.05, 4.69) is 51.1 Å². The second-order valence-corrected chi connectivity index (χ2v) is 8.44. The molecule has 1 unspecified atom stereocenters. The van der Waals surface area contributed by atoms with E-state index in [0.717, 1.165) is 25.7 Å². The molecule has 182 valence electrons. The maximum atomic E-state index is 12.9. The van der Waals surface area contributed by atoms with Gasteiger partial charge in [-0.3, -0.25) is 0 Å². The van der Waals surface area contributed by atoms with E-state index < -0.39 is 14.6 Å². The van der Waals surface area contributed by atoms with Crippen LogP contribution in [0.15, 0.2) is 42.5 Å². The van der Waals surface area contributed by atoms with Crippen LogP contribution in [-0.2, 0) is 22.1 Å². The van der Waals surface area contributed by atoms with Gasteiger partial charge >= 0.3 is 14.6 Å². The van der Waals surface area contributed by atoms with Crippen LogP contribution in [0, 0.1) is 6.92 Å². The van der Waals surface area contributed by atoms with Crippen LogP contribution >= 0.6 is 8.25 Å². The second-order valence-electron chi connectivity index (χ2n) is 7.70. The van der Waals surface area contributed by atoms with Crippen molar-refractivity contribution >= 4 is 13.9 Å². The van der Waals surface area contributed by atoms with Crippen molar-refractivity contribution in [3.63, 3.8) is 0 Å². The second kappa shape index (κ2) is 14.2. The summed E-state index contributed by atoms with van der Waals surface area (Å²) in [5.41, 5.74) is 3.45. The normalized spacial score (nSPS) is 12.0. The number of alkyl halides is 3. The first-order valence-corrected chi connectivity index (χ1v) is 12.0. The molecule has 33 heavy (non-hydrogen) atoms. The quantitative estimate of drug-likeness (QED) is 0.216. The highest BCUT2D eigenvalue weighted by Crippen LogP contribution is 2.31. The molecule has 3 N–H and O–H groups in total. The summed E-state index contributed by atoms with van der Waals surface area (Å²) >= 11 is 0. The monoisotopic (exact) mass is 487 g/mol. The third kappa shape index (κ3) is 12.0. The largest absolute Gasteiger partial charge is 0.694 e. The molecule has 0 heterocycles. The summed E-state index contributed by atoms with van der Waals surface area (Å²) in [4.78, 5) is 8.55. The minimum atomic E-state index is -4.78. The Hall–Kier alpha value is -2.19. The molecule has 1 atom stereocenters. The van der Waals surface area contributed by atoms with Gasteiger partial charge in [-0.25, -0.2) is 0 Å². The lowest BCUT2D eigenvalue weighted by Gasteiger charge is -2.16. The van der Waals surface area contributed by atoms with E-state index in [-0.39, 0.29) is 12.4 Å². The number of nitrogens with one attached hydrogen (secondary N) is 2. The first-order chi connectivity index (χ1) is 15.7. The van der Waals surface area contributed by atoms with Crippen molar-refractivity contribution in [1.82, 2.24) is 5.32 Å². The average Bonchev–Trinajstić information content (AvgIpc) is 2.74. The molecule has 2 rings (SSSR count). The fourth-order valence-corrected chi connectivity index (χ4v) is 3.50. The van der Waals surface area contributed by atoms with E-state index >= 15 is 0 Å². The molecule has 0 saturated heterocycles. The van der Waals surface area contributed by atoms with Gasteiger partial charge in [-0.1, -0.05) is 42.3 Å². The Morgan fingerprint density at radius 1 is 0.970 bits per heavy atom. The van der Waals surface area contributed by atoms with Crippen molar-refractivity contribution < 1.29 is 31.9 Å². The maximum Gasteiger partial charge on any atom is 0.694 e. The SMILES string of the molecule is Cc1ccc(CCCCCNc2ccc(CNCCCO[P+](=O)O)cc2OC(F)(F)F)cc1. The molecule has 0 fully saturated rings. The Labute approximate surface area is 193 Å². The molecule has 0 aliphatic rings. The zero-order valence-corrected chi connectivity index (χ0v) is 19.6. The lowest BCUT2D eigenvalue weighted by molar-refractivity contribution is -0.274. The standard InChI is InChI=1S/C23H30F3N2O4P/c1-18-7-9-19(10-8-18)6-3-2-4-14-28-21-12-11-20(16-22(21)32-23(24,25)26)17-27-13-5-15-31-33(29)30/h7-12,16,27-28H,2-6,13-15,17H2,1H3/p+1. The number of anilines is 1. The summed E-state index contributed by atoms with van der Waals surface area (Å²) in [5.74, 6) is -0.262. The predicted molar refractivity (Wildman–Crippen MR) is 122 cm³/mol. The molecule has 10 heteroatoms. The minimum Gasteiger partial charge on any atom is -0.404 e. The molecular weight excluding hydrogens is 456 g/mol. The van der Waals surface area contributed by atoms with Crippen LogP contribution in [0.5, 0.6) is 5.75 Å². The van der Waals surface area contributed by atoms with Gasteiger partial charge in [-0.15, -0.1) is 22.6 Å². The number of hydrogen-bond donors (Lipinski definition) is 3. The van der Waals surface area contributed by atoms with Gasteiger partial charge in [0.25, 0.3) is 0 Å². The van der Waals surface area contributed by atoms with E-state index in [1.54, 1.807) is 12.1 Å². The summed E-state index contributed by atoms with van der Waals surface area (Å²) in [6.45, 7) is 3.54. The highest BCUT2D eigenvalue weighted by atomic mass is 31.1. The van der Waals surface area contributed by atoms with Crippen molar-refractivity contribution in [2.75, 3.05) is 25.0 Å². The number of rotatable bonds is 15. The third-order valence-corrected chi connectivity index (χ3v) is 5.28. The smallest absolute Gasteiger partial charge is 0.404 e. The molecule has 2 aromatic carbocycles. The van der Waals surface area contributed by atoms with Gasteiger partial charge in [0, 0.05) is 17.7 Å². The van der Waals surface area contributed by atoms with Crippen LogP contribution < -0.4 is 15.4 Å². The van der Waals surface area contributed by atoms with Gasteiger partial charge in [0.1, 0.15) is 6.61 Å². The molecule has 0 aromatic heterocycles. The predicted octanol–water partition coefficient (Wildman–Crippen LogP) is 5.86. The summed E-state index contributed by atoms with van der Waals surface area (Å²) in [7, 11) is -2.62. The highest BCUT2D eigenvalue weighted by molar-refractivity contribution is 7.32. The molecular formula is C23H31F3N2O4P+. The Bertz CT molecular complexity index is 864. The van der Waals surface area contributed by atoms with Crippen LogP contribution in [0.2, 0.25) is 0 Å². The summed E-state index contributed by atoms with van der Waals surface area (Å²) < 4.78 is 57.8. The Morgan fingerprint density at radius 2 is 1.70 bits per heavy atom. The van der Waals surface area contributed by atoms with Crippen LogP contribution in [0.25, 0.3) is 0 Å². The number of benzene rings is 2. The topological polar surface area (TPSA) is 79.8 Å². The number of unbranched alkanes of at least 4 members (excludes halogenated alkanes) is 2. The zero-order chi connectivity index (χ0) is 24.1. The Morgan fingerprint density at radius 3 is 2.39 bits per heavy atom. The molecule has 0 aliphatic carbocycles. The van der Waals surface area contributed by atoms with Crippen molar-refractivity contribution in [1.29, 1.82) is 0 Å². The highest BCUT2D eigenvalue weighted by Gasteiger charge is 2.32.